The number of amides is 1. The summed E-state index contributed by atoms with van der Waals surface area (Å²) in [5.41, 5.74) is 2.98. The van der Waals surface area contributed by atoms with Gasteiger partial charge in [-0.25, -0.2) is 4.68 Å². The minimum Gasteiger partial charge on any atom is -0.360 e. The Morgan fingerprint density at radius 1 is 1.03 bits per heavy atom. The highest BCUT2D eigenvalue weighted by molar-refractivity contribution is 5.94. The summed E-state index contributed by atoms with van der Waals surface area (Å²) in [5, 5.41) is 8.58. The lowest BCUT2D eigenvalue weighted by molar-refractivity contribution is 0.0620. The molecule has 0 N–H and O–H groups in total. The predicted octanol–water partition coefficient (Wildman–Crippen LogP) is 1.63. The topological polar surface area (TPSA) is 97.4 Å². The fraction of sp³-hybridized carbons (Fsp3) is 0.435. The highest BCUT2D eigenvalue weighted by atomic mass is 16.5. The number of fused-ring (bicyclic) bond motifs is 1. The van der Waals surface area contributed by atoms with Crippen molar-refractivity contribution in [2.24, 2.45) is 0 Å². The maximum Gasteiger partial charge on any atom is 0.276 e. The molecule has 1 amide bonds. The summed E-state index contributed by atoms with van der Waals surface area (Å²) in [6.07, 6.45) is 7.37. The van der Waals surface area contributed by atoms with Crippen LogP contribution in [0.5, 0.6) is 0 Å². The molecule has 0 atom stereocenters. The van der Waals surface area contributed by atoms with Gasteiger partial charge in [0.15, 0.2) is 5.69 Å². The molecule has 1 fully saturated rings. The number of pyridine rings is 1. The van der Waals surface area contributed by atoms with Gasteiger partial charge in [0, 0.05) is 68.7 Å². The molecule has 5 rings (SSSR count). The molecule has 1 saturated heterocycles. The van der Waals surface area contributed by atoms with Crippen LogP contribution in [0.4, 0.5) is 0 Å². The third-order valence-corrected chi connectivity index (χ3v) is 6.26. The van der Waals surface area contributed by atoms with Crippen molar-refractivity contribution in [3.05, 3.63) is 64.0 Å². The molecule has 0 unspecified atom stereocenters. The van der Waals surface area contributed by atoms with Crippen LogP contribution >= 0.6 is 0 Å². The summed E-state index contributed by atoms with van der Waals surface area (Å²) >= 11 is 0. The van der Waals surface area contributed by atoms with Gasteiger partial charge in [0.2, 0.25) is 0 Å². The van der Waals surface area contributed by atoms with Gasteiger partial charge >= 0.3 is 0 Å². The summed E-state index contributed by atoms with van der Waals surface area (Å²) in [5.74, 6) is 0.850. The van der Waals surface area contributed by atoms with Gasteiger partial charge in [0.1, 0.15) is 5.76 Å². The van der Waals surface area contributed by atoms with E-state index >= 15 is 0 Å². The molecule has 9 nitrogen and oxygen atoms in total. The first-order valence-corrected chi connectivity index (χ1v) is 11.2. The number of carbonyl (C=O) groups excluding carboxylic acids is 1. The predicted molar refractivity (Wildman–Crippen MR) is 117 cm³/mol. The molecular weight excluding hydrogens is 408 g/mol. The Morgan fingerprint density at radius 3 is 2.69 bits per heavy atom. The number of aryl methyl sites for hydroxylation is 1. The van der Waals surface area contributed by atoms with Gasteiger partial charge in [-0.05, 0) is 37.5 Å². The quantitative estimate of drug-likeness (QED) is 0.602. The Kier molecular flexibility index (Phi) is 5.81. The van der Waals surface area contributed by atoms with E-state index in [1.807, 2.05) is 17.0 Å². The van der Waals surface area contributed by atoms with Crippen LogP contribution < -0.4 is 5.56 Å². The number of hydrogen-bond donors (Lipinski definition) is 0. The summed E-state index contributed by atoms with van der Waals surface area (Å²) < 4.78 is 6.91. The van der Waals surface area contributed by atoms with Crippen molar-refractivity contribution in [2.45, 2.75) is 32.2 Å². The minimum absolute atomic E-state index is 0.0291. The van der Waals surface area contributed by atoms with Crippen LogP contribution in [0, 0.1) is 0 Å². The van der Waals surface area contributed by atoms with Crippen molar-refractivity contribution in [1.82, 2.24) is 29.7 Å². The monoisotopic (exact) mass is 434 g/mol. The smallest absolute Gasteiger partial charge is 0.276 e. The van der Waals surface area contributed by atoms with Crippen molar-refractivity contribution in [2.75, 3.05) is 32.7 Å². The van der Waals surface area contributed by atoms with E-state index < -0.39 is 0 Å². The molecule has 0 saturated carbocycles. The second-order valence-corrected chi connectivity index (χ2v) is 8.30. The van der Waals surface area contributed by atoms with Crippen LogP contribution in [0.15, 0.2) is 46.0 Å². The second-order valence-electron chi connectivity index (χ2n) is 8.30. The molecule has 1 aliphatic carbocycles. The van der Waals surface area contributed by atoms with E-state index in [2.05, 4.69) is 20.1 Å². The zero-order chi connectivity index (χ0) is 21.9. The number of carbonyl (C=O) groups is 1. The van der Waals surface area contributed by atoms with E-state index in [0.29, 0.717) is 31.9 Å². The Bertz CT molecular complexity index is 1150. The molecule has 9 heteroatoms. The van der Waals surface area contributed by atoms with Crippen LogP contribution in [0.2, 0.25) is 0 Å². The van der Waals surface area contributed by atoms with E-state index in [4.69, 9.17) is 4.52 Å². The zero-order valence-corrected chi connectivity index (χ0v) is 17.9. The molecule has 3 aromatic rings. The highest BCUT2D eigenvalue weighted by Gasteiger charge is 2.29. The lowest BCUT2D eigenvalue weighted by atomic mass is 9.96. The van der Waals surface area contributed by atoms with E-state index in [-0.39, 0.29) is 11.5 Å². The van der Waals surface area contributed by atoms with Crippen LogP contribution in [-0.2, 0) is 19.4 Å². The second kappa shape index (κ2) is 9.04. The molecule has 32 heavy (non-hydrogen) atoms. The normalized spacial score (nSPS) is 16.7. The van der Waals surface area contributed by atoms with Gasteiger partial charge in [-0.3, -0.25) is 19.5 Å². The molecule has 166 valence electrons. The molecule has 1 aliphatic heterocycles. The molecular formula is C23H26N6O3. The van der Waals surface area contributed by atoms with Gasteiger partial charge in [0.25, 0.3) is 11.5 Å². The van der Waals surface area contributed by atoms with Crippen molar-refractivity contribution < 1.29 is 9.32 Å². The summed E-state index contributed by atoms with van der Waals surface area (Å²) in [7, 11) is 0. The van der Waals surface area contributed by atoms with Crippen molar-refractivity contribution >= 4 is 5.91 Å². The molecule has 0 radical (unpaired) electrons. The summed E-state index contributed by atoms with van der Waals surface area (Å²) in [4.78, 5) is 33.5. The molecule has 2 aliphatic rings. The molecule has 4 heterocycles. The standard InChI is InChI=1S/C23H26N6O3/c30-21-8-7-19(17-4-3-9-24-16-17)25-29(21)15-12-27-10-13-28(14-11-27)23(31)22-18-5-1-2-6-20(18)32-26-22/h3-4,7-9,16H,1-2,5-6,10-15H2. The minimum atomic E-state index is -0.123. The average Bonchev–Trinajstić information content (AvgIpc) is 3.28. The lowest BCUT2D eigenvalue weighted by Gasteiger charge is -2.34. The van der Waals surface area contributed by atoms with Crippen LogP contribution in [0.3, 0.4) is 0 Å². The fourth-order valence-electron chi connectivity index (χ4n) is 4.39. The number of hydrogen-bond acceptors (Lipinski definition) is 7. The molecule has 0 aromatic carbocycles. The molecule has 3 aromatic heterocycles. The Morgan fingerprint density at radius 2 is 1.88 bits per heavy atom. The zero-order valence-electron chi connectivity index (χ0n) is 17.9. The van der Waals surface area contributed by atoms with E-state index in [9.17, 15) is 9.59 Å². The summed E-state index contributed by atoms with van der Waals surface area (Å²) in [6, 6.07) is 7.04. The van der Waals surface area contributed by atoms with Crippen molar-refractivity contribution in [1.29, 1.82) is 0 Å². The first-order chi connectivity index (χ1) is 15.7. The largest absolute Gasteiger partial charge is 0.360 e. The Balaban J connectivity index is 1.18. The van der Waals surface area contributed by atoms with Gasteiger partial charge in [-0.1, -0.05) is 5.16 Å². The van der Waals surface area contributed by atoms with Crippen molar-refractivity contribution in [3.8, 4) is 11.3 Å². The maximum absolute atomic E-state index is 13.0. The third kappa shape index (κ3) is 4.20. The number of nitrogens with zero attached hydrogens (tertiary/aromatic N) is 6. The molecule has 0 spiro atoms. The van der Waals surface area contributed by atoms with E-state index in [1.54, 1.807) is 24.5 Å². The number of aromatic nitrogens is 4. The van der Waals surface area contributed by atoms with Gasteiger partial charge in [-0.15, -0.1) is 0 Å². The Hall–Kier alpha value is -3.33. The van der Waals surface area contributed by atoms with E-state index in [1.165, 1.54) is 4.68 Å². The summed E-state index contributed by atoms with van der Waals surface area (Å²) in [6.45, 7) is 3.98. The average molecular weight is 435 g/mol. The first-order valence-electron chi connectivity index (χ1n) is 11.2. The van der Waals surface area contributed by atoms with Crippen molar-refractivity contribution in [3.63, 3.8) is 0 Å². The SMILES string of the molecule is O=C(c1noc2c1CCCC2)N1CCN(CCn2nc(-c3cccnc3)ccc2=O)CC1. The van der Waals surface area contributed by atoms with Crippen LogP contribution in [0.1, 0.15) is 34.7 Å². The fourth-order valence-corrected chi connectivity index (χ4v) is 4.39. The number of piperazine rings is 1. The molecule has 0 bridgehead atoms. The van der Waals surface area contributed by atoms with E-state index in [0.717, 1.165) is 61.4 Å². The van der Waals surface area contributed by atoms with Gasteiger partial charge in [0.05, 0.1) is 12.2 Å². The van der Waals surface area contributed by atoms with Gasteiger partial charge in [-0.2, -0.15) is 5.10 Å². The van der Waals surface area contributed by atoms with Gasteiger partial charge < -0.3 is 9.42 Å². The maximum atomic E-state index is 13.0. The highest BCUT2D eigenvalue weighted by Crippen LogP contribution is 2.25. The van der Waals surface area contributed by atoms with Crippen LogP contribution in [-0.4, -0.2) is 68.4 Å². The Labute approximate surface area is 185 Å². The number of rotatable bonds is 5. The third-order valence-electron chi connectivity index (χ3n) is 6.26. The first kappa shape index (κ1) is 20.6. The lowest BCUT2D eigenvalue weighted by Crippen LogP contribution is -2.49. The van der Waals surface area contributed by atoms with Crippen LogP contribution in [0.25, 0.3) is 11.3 Å².